The maximum Gasteiger partial charge on any atom is 0.230 e. The molecule has 2 fully saturated rings. The molecule has 1 saturated heterocycles. The Morgan fingerprint density at radius 1 is 1.17 bits per heavy atom. The van der Waals surface area contributed by atoms with Gasteiger partial charge in [0.25, 0.3) is 0 Å². The van der Waals surface area contributed by atoms with Gasteiger partial charge in [0.05, 0.1) is 5.92 Å². The van der Waals surface area contributed by atoms with Crippen molar-refractivity contribution in [3.8, 4) is 0 Å². The predicted octanol–water partition coefficient (Wildman–Crippen LogP) is 0.695. The molecule has 12 heavy (non-hydrogen) atoms. The van der Waals surface area contributed by atoms with E-state index in [1.165, 1.54) is 0 Å². The molecule has 3 nitrogen and oxygen atoms in total. The molecule has 0 aromatic carbocycles. The van der Waals surface area contributed by atoms with Gasteiger partial charge in [-0.15, -0.1) is 0 Å². The highest BCUT2D eigenvalue weighted by atomic mass is 16.2. The zero-order chi connectivity index (χ0) is 8.72. The molecule has 0 radical (unpaired) electrons. The maximum absolute atomic E-state index is 11.2. The minimum Gasteiger partial charge on any atom is -0.296 e. The molecule has 2 amide bonds. The first-order chi connectivity index (χ1) is 5.68. The highest BCUT2D eigenvalue weighted by molar-refractivity contribution is 6.05. The van der Waals surface area contributed by atoms with Gasteiger partial charge in [-0.1, -0.05) is 6.92 Å². The Hall–Kier alpha value is -0.860. The summed E-state index contributed by atoms with van der Waals surface area (Å²) in [4.78, 5) is 22.4. The van der Waals surface area contributed by atoms with Crippen LogP contribution in [0.2, 0.25) is 0 Å². The van der Waals surface area contributed by atoms with Crippen LogP contribution >= 0.6 is 0 Å². The highest BCUT2D eigenvalue weighted by Crippen LogP contribution is 2.36. The molecule has 1 saturated carbocycles. The number of rotatable bonds is 0. The van der Waals surface area contributed by atoms with E-state index in [0.717, 1.165) is 19.3 Å². The molecule has 3 atom stereocenters. The summed E-state index contributed by atoms with van der Waals surface area (Å²) < 4.78 is 0. The van der Waals surface area contributed by atoms with Gasteiger partial charge in [0.15, 0.2) is 0 Å². The van der Waals surface area contributed by atoms with Crippen LogP contribution in [0.25, 0.3) is 0 Å². The van der Waals surface area contributed by atoms with Gasteiger partial charge < -0.3 is 0 Å². The third-order valence-electron chi connectivity index (χ3n) is 3.03. The monoisotopic (exact) mass is 167 g/mol. The second-order valence-electron chi connectivity index (χ2n) is 3.98. The summed E-state index contributed by atoms with van der Waals surface area (Å²) >= 11 is 0. The van der Waals surface area contributed by atoms with Crippen molar-refractivity contribution < 1.29 is 9.59 Å². The third-order valence-corrected chi connectivity index (χ3v) is 3.03. The fourth-order valence-electron chi connectivity index (χ4n) is 2.29. The van der Waals surface area contributed by atoms with Crippen LogP contribution in [0.4, 0.5) is 0 Å². The molecule has 1 aliphatic carbocycles. The Balaban J connectivity index is 2.17. The minimum absolute atomic E-state index is 0.00583. The Kier molecular flexibility index (Phi) is 1.67. The van der Waals surface area contributed by atoms with Crippen LogP contribution in [-0.4, -0.2) is 11.8 Å². The van der Waals surface area contributed by atoms with Crippen molar-refractivity contribution in [2.45, 2.75) is 26.2 Å². The van der Waals surface area contributed by atoms with Gasteiger partial charge in [-0.3, -0.25) is 14.9 Å². The van der Waals surface area contributed by atoms with Gasteiger partial charge in [-0.05, 0) is 25.2 Å². The topological polar surface area (TPSA) is 46.2 Å². The van der Waals surface area contributed by atoms with Crippen molar-refractivity contribution >= 4 is 11.8 Å². The average Bonchev–Trinajstić information content (AvgIpc) is 2.28. The van der Waals surface area contributed by atoms with E-state index in [-0.39, 0.29) is 23.7 Å². The Bertz CT molecular complexity index is 237. The van der Waals surface area contributed by atoms with Gasteiger partial charge in [0.2, 0.25) is 11.8 Å². The summed E-state index contributed by atoms with van der Waals surface area (Å²) in [5.74, 6) is 0.492. The molecule has 1 N–H and O–H groups in total. The number of carbonyl (C=O) groups is 2. The predicted molar refractivity (Wildman–Crippen MR) is 43.1 cm³/mol. The highest BCUT2D eigenvalue weighted by Gasteiger charge is 2.44. The average molecular weight is 167 g/mol. The first-order valence-electron chi connectivity index (χ1n) is 4.53. The fraction of sp³-hybridized carbons (Fsp3) is 0.778. The SMILES string of the molecule is C[C@H]1CC[C@H]2C(=O)NC(=O)[C@@H]2C1. The van der Waals surface area contributed by atoms with E-state index in [4.69, 9.17) is 0 Å². The van der Waals surface area contributed by atoms with E-state index in [0.29, 0.717) is 5.92 Å². The molecular weight excluding hydrogens is 154 g/mol. The van der Waals surface area contributed by atoms with Crippen molar-refractivity contribution in [1.82, 2.24) is 5.32 Å². The van der Waals surface area contributed by atoms with Crippen LogP contribution in [-0.2, 0) is 9.59 Å². The summed E-state index contributed by atoms with van der Waals surface area (Å²) in [6.45, 7) is 2.15. The van der Waals surface area contributed by atoms with E-state index in [9.17, 15) is 9.59 Å². The molecule has 0 spiro atoms. The van der Waals surface area contributed by atoms with Crippen LogP contribution < -0.4 is 5.32 Å². The Morgan fingerprint density at radius 2 is 1.83 bits per heavy atom. The molecule has 0 aromatic heterocycles. The van der Waals surface area contributed by atoms with Crippen LogP contribution in [0.1, 0.15) is 26.2 Å². The minimum atomic E-state index is -0.0449. The second kappa shape index (κ2) is 2.57. The lowest BCUT2D eigenvalue weighted by atomic mass is 9.76. The lowest BCUT2D eigenvalue weighted by Gasteiger charge is -2.25. The number of carbonyl (C=O) groups excluding carboxylic acids is 2. The van der Waals surface area contributed by atoms with Crippen molar-refractivity contribution in [2.24, 2.45) is 17.8 Å². The quantitative estimate of drug-likeness (QED) is 0.540. The smallest absolute Gasteiger partial charge is 0.230 e. The zero-order valence-electron chi connectivity index (χ0n) is 7.17. The zero-order valence-corrected chi connectivity index (χ0v) is 7.17. The summed E-state index contributed by atoms with van der Waals surface area (Å²) in [5, 5.41) is 2.40. The molecule has 3 heteroatoms. The van der Waals surface area contributed by atoms with Crippen LogP contribution in [0.5, 0.6) is 0 Å². The van der Waals surface area contributed by atoms with Gasteiger partial charge >= 0.3 is 0 Å². The number of nitrogens with one attached hydrogen (secondary N) is 1. The van der Waals surface area contributed by atoms with Crippen LogP contribution in [0.15, 0.2) is 0 Å². The standard InChI is InChI=1S/C9H13NO2/c1-5-2-3-6-7(4-5)9(12)10-8(6)11/h5-7H,2-4H2,1H3,(H,10,11,12)/t5-,6+,7+/m0/s1. The summed E-state index contributed by atoms with van der Waals surface area (Å²) in [5.41, 5.74) is 0. The van der Waals surface area contributed by atoms with E-state index in [1.807, 2.05) is 0 Å². The molecule has 1 heterocycles. The van der Waals surface area contributed by atoms with Gasteiger partial charge in [-0.25, -0.2) is 0 Å². The summed E-state index contributed by atoms with van der Waals surface area (Å²) in [6, 6.07) is 0. The van der Waals surface area contributed by atoms with E-state index >= 15 is 0 Å². The van der Waals surface area contributed by atoms with Crippen molar-refractivity contribution in [3.05, 3.63) is 0 Å². The number of imide groups is 1. The first-order valence-corrected chi connectivity index (χ1v) is 4.53. The number of amides is 2. The number of hydrogen-bond donors (Lipinski definition) is 1. The summed E-state index contributed by atoms with van der Waals surface area (Å²) in [7, 11) is 0. The molecule has 2 aliphatic rings. The Morgan fingerprint density at radius 3 is 2.58 bits per heavy atom. The molecule has 0 aromatic rings. The van der Waals surface area contributed by atoms with Gasteiger partial charge in [0, 0.05) is 5.92 Å². The lowest BCUT2D eigenvalue weighted by Crippen LogP contribution is -2.25. The molecule has 1 aliphatic heterocycles. The van der Waals surface area contributed by atoms with Crippen molar-refractivity contribution in [3.63, 3.8) is 0 Å². The maximum atomic E-state index is 11.2. The van der Waals surface area contributed by atoms with Crippen molar-refractivity contribution in [2.75, 3.05) is 0 Å². The largest absolute Gasteiger partial charge is 0.296 e. The van der Waals surface area contributed by atoms with E-state index in [2.05, 4.69) is 12.2 Å². The molecule has 66 valence electrons. The van der Waals surface area contributed by atoms with E-state index < -0.39 is 0 Å². The Labute approximate surface area is 71.5 Å². The number of hydrogen-bond acceptors (Lipinski definition) is 2. The first kappa shape index (κ1) is 7.77. The normalized spacial score (nSPS) is 40.9. The molecule has 2 rings (SSSR count). The molecule has 0 unspecified atom stereocenters. The third kappa shape index (κ3) is 1.04. The molecule has 0 bridgehead atoms. The fourth-order valence-corrected chi connectivity index (χ4v) is 2.29. The molecular formula is C9H13NO2. The van der Waals surface area contributed by atoms with Gasteiger partial charge in [-0.2, -0.15) is 0 Å². The van der Waals surface area contributed by atoms with E-state index in [1.54, 1.807) is 0 Å². The van der Waals surface area contributed by atoms with Gasteiger partial charge in [0.1, 0.15) is 0 Å². The number of fused-ring (bicyclic) bond motifs is 1. The summed E-state index contributed by atoms with van der Waals surface area (Å²) in [6.07, 6.45) is 2.87. The second-order valence-corrected chi connectivity index (χ2v) is 3.98. The van der Waals surface area contributed by atoms with Crippen LogP contribution in [0.3, 0.4) is 0 Å². The van der Waals surface area contributed by atoms with Crippen LogP contribution in [0, 0.1) is 17.8 Å². The lowest BCUT2D eigenvalue weighted by molar-refractivity contribution is -0.126. The van der Waals surface area contributed by atoms with Crippen molar-refractivity contribution in [1.29, 1.82) is 0 Å².